The zero-order valence-corrected chi connectivity index (χ0v) is 19.6. The average molecular weight is 488 g/mol. The van der Waals surface area contributed by atoms with E-state index >= 15 is 0 Å². The minimum Gasteiger partial charge on any atom is -0.490 e. The maximum absolute atomic E-state index is 13.3. The largest absolute Gasteiger partial charge is 0.490 e. The first-order chi connectivity index (χ1) is 16.3. The van der Waals surface area contributed by atoms with E-state index in [-0.39, 0.29) is 43.2 Å². The summed E-state index contributed by atoms with van der Waals surface area (Å²) in [5.74, 6) is -0.163. The van der Waals surface area contributed by atoms with Gasteiger partial charge in [0.1, 0.15) is 18.5 Å². The highest BCUT2D eigenvalue weighted by Crippen LogP contribution is 2.32. The van der Waals surface area contributed by atoms with Crippen LogP contribution in [0, 0.1) is 0 Å². The summed E-state index contributed by atoms with van der Waals surface area (Å²) < 4.78 is 16.8. The number of carbonyl (C=O) groups excluding carboxylic acids is 3. The number of urea groups is 1. The number of nitrogens with one attached hydrogen (secondary N) is 2. The van der Waals surface area contributed by atoms with Crippen molar-refractivity contribution >= 4 is 40.9 Å². The number of esters is 1. The summed E-state index contributed by atoms with van der Waals surface area (Å²) in [4.78, 5) is 39.0. The number of nitrogens with zero attached hydrogens (tertiary/aromatic N) is 1. The molecule has 2 aromatic carbocycles. The highest BCUT2D eigenvalue weighted by Gasteiger charge is 2.39. The second-order valence-corrected chi connectivity index (χ2v) is 8.68. The van der Waals surface area contributed by atoms with Gasteiger partial charge >= 0.3 is 12.0 Å². The lowest BCUT2D eigenvalue weighted by molar-refractivity contribution is -0.151. The molecule has 0 radical (unpaired) electrons. The van der Waals surface area contributed by atoms with Crippen molar-refractivity contribution in [3.63, 3.8) is 0 Å². The van der Waals surface area contributed by atoms with Gasteiger partial charge in [-0.15, -0.1) is 0 Å². The fourth-order valence-corrected chi connectivity index (χ4v) is 4.33. The molecular weight excluding hydrogens is 462 g/mol. The molecule has 0 unspecified atom stereocenters. The van der Waals surface area contributed by atoms with Gasteiger partial charge in [-0.3, -0.25) is 9.59 Å². The van der Waals surface area contributed by atoms with Gasteiger partial charge in [0.05, 0.1) is 31.2 Å². The van der Waals surface area contributed by atoms with Crippen LogP contribution in [0.5, 0.6) is 5.75 Å². The SMILES string of the molecule is COC(=O)C[C@@H]1CC[C@H]2[C@H](COc3ccc(NC(=O)Nc4ccc(Cl)cc4)cc3C(=O)N2C)O1. The molecule has 0 bridgehead atoms. The van der Waals surface area contributed by atoms with Gasteiger partial charge in [-0.25, -0.2) is 4.79 Å². The topological polar surface area (TPSA) is 106 Å². The Balaban J connectivity index is 1.46. The Morgan fingerprint density at radius 2 is 1.82 bits per heavy atom. The van der Waals surface area contributed by atoms with Crippen LogP contribution in [0.4, 0.5) is 16.2 Å². The number of likely N-dealkylation sites (N-methyl/N-ethyl adjacent to an activating group) is 1. The normalized spacial score (nSPS) is 21.8. The summed E-state index contributed by atoms with van der Waals surface area (Å²) in [6.45, 7) is 0.233. The van der Waals surface area contributed by atoms with Gasteiger partial charge in [0.15, 0.2) is 0 Å². The van der Waals surface area contributed by atoms with E-state index in [1.54, 1.807) is 54.4 Å². The molecule has 4 rings (SSSR count). The molecule has 1 fully saturated rings. The predicted molar refractivity (Wildman–Crippen MR) is 126 cm³/mol. The van der Waals surface area contributed by atoms with Crippen molar-refractivity contribution in [3.05, 3.63) is 53.1 Å². The highest BCUT2D eigenvalue weighted by atomic mass is 35.5. The zero-order chi connectivity index (χ0) is 24.2. The molecule has 0 spiro atoms. The standard InChI is InChI=1S/C24H26ClN3O6/c1-28-19-9-8-17(12-22(29)32-2)34-21(19)13-33-20-10-7-16(11-18(20)23(28)30)27-24(31)26-15-5-3-14(25)4-6-15/h3-7,10-11,17,19,21H,8-9,12-13H2,1-2H3,(H2,26,27,31)/t17-,19-,21-/m0/s1. The van der Waals surface area contributed by atoms with Crippen LogP contribution in [0.3, 0.4) is 0 Å². The fourth-order valence-electron chi connectivity index (χ4n) is 4.20. The summed E-state index contributed by atoms with van der Waals surface area (Å²) in [5, 5.41) is 6.02. The molecular formula is C24H26ClN3O6. The molecule has 2 aliphatic heterocycles. The van der Waals surface area contributed by atoms with Crippen molar-refractivity contribution in [1.82, 2.24) is 4.90 Å². The Morgan fingerprint density at radius 3 is 2.56 bits per heavy atom. The lowest BCUT2D eigenvalue weighted by atomic mass is 9.94. The molecule has 10 heteroatoms. The van der Waals surface area contributed by atoms with Crippen LogP contribution in [-0.4, -0.2) is 61.8 Å². The lowest BCUT2D eigenvalue weighted by Crippen LogP contribution is -2.53. The van der Waals surface area contributed by atoms with E-state index in [1.807, 2.05) is 0 Å². The van der Waals surface area contributed by atoms with Crippen LogP contribution in [0.15, 0.2) is 42.5 Å². The Labute approximate surface area is 202 Å². The van der Waals surface area contributed by atoms with Crippen molar-refractivity contribution in [2.45, 2.75) is 37.5 Å². The van der Waals surface area contributed by atoms with E-state index in [1.165, 1.54) is 7.11 Å². The van der Waals surface area contributed by atoms with E-state index in [9.17, 15) is 14.4 Å². The van der Waals surface area contributed by atoms with Crippen molar-refractivity contribution in [3.8, 4) is 5.75 Å². The summed E-state index contributed by atoms with van der Waals surface area (Å²) in [6.07, 6.45) is 0.835. The number of amides is 3. The number of anilines is 2. The number of carbonyl (C=O) groups is 3. The molecule has 2 aliphatic rings. The maximum atomic E-state index is 13.3. The number of hydrogen-bond donors (Lipinski definition) is 2. The molecule has 9 nitrogen and oxygen atoms in total. The maximum Gasteiger partial charge on any atom is 0.323 e. The summed E-state index contributed by atoms with van der Waals surface area (Å²) in [7, 11) is 3.08. The van der Waals surface area contributed by atoms with E-state index < -0.39 is 6.03 Å². The van der Waals surface area contributed by atoms with Crippen molar-refractivity contribution in [1.29, 1.82) is 0 Å². The number of rotatable bonds is 4. The van der Waals surface area contributed by atoms with E-state index in [4.69, 9.17) is 25.8 Å². The number of benzene rings is 2. The third-order valence-electron chi connectivity index (χ3n) is 5.99. The van der Waals surface area contributed by atoms with Gasteiger partial charge in [-0.2, -0.15) is 0 Å². The average Bonchev–Trinajstić information content (AvgIpc) is 2.83. The van der Waals surface area contributed by atoms with Crippen molar-refractivity contribution < 1.29 is 28.6 Å². The molecule has 180 valence electrons. The van der Waals surface area contributed by atoms with Crippen LogP contribution in [0.2, 0.25) is 5.02 Å². The van der Waals surface area contributed by atoms with Gasteiger partial charge in [0.2, 0.25) is 0 Å². The second-order valence-electron chi connectivity index (χ2n) is 8.25. The molecule has 0 aromatic heterocycles. The Morgan fingerprint density at radius 1 is 1.12 bits per heavy atom. The zero-order valence-electron chi connectivity index (χ0n) is 18.9. The molecule has 0 aliphatic carbocycles. The Hall–Kier alpha value is -3.30. The third kappa shape index (κ3) is 5.43. The van der Waals surface area contributed by atoms with Crippen LogP contribution >= 0.6 is 11.6 Å². The van der Waals surface area contributed by atoms with E-state index in [2.05, 4.69) is 10.6 Å². The number of methoxy groups -OCH3 is 1. The third-order valence-corrected chi connectivity index (χ3v) is 6.25. The molecule has 0 saturated carbocycles. The molecule has 3 atom stereocenters. The van der Waals surface area contributed by atoms with E-state index in [0.29, 0.717) is 40.6 Å². The Kier molecular flexibility index (Phi) is 7.23. The van der Waals surface area contributed by atoms with Crippen molar-refractivity contribution in [2.75, 3.05) is 31.4 Å². The molecule has 3 amide bonds. The minimum atomic E-state index is -0.452. The molecule has 2 N–H and O–H groups in total. The van der Waals surface area contributed by atoms with Gasteiger partial charge in [0, 0.05) is 23.4 Å². The summed E-state index contributed by atoms with van der Waals surface area (Å²) in [6, 6.07) is 11.0. The number of ether oxygens (including phenoxy) is 3. The van der Waals surface area contributed by atoms with Crippen LogP contribution in [-0.2, 0) is 14.3 Å². The monoisotopic (exact) mass is 487 g/mol. The molecule has 2 aromatic rings. The smallest absolute Gasteiger partial charge is 0.323 e. The molecule has 34 heavy (non-hydrogen) atoms. The van der Waals surface area contributed by atoms with Crippen LogP contribution in [0.1, 0.15) is 29.6 Å². The second kappa shape index (κ2) is 10.3. The highest BCUT2D eigenvalue weighted by molar-refractivity contribution is 6.30. The van der Waals surface area contributed by atoms with Crippen LogP contribution < -0.4 is 15.4 Å². The quantitative estimate of drug-likeness (QED) is 0.633. The van der Waals surface area contributed by atoms with Crippen molar-refractivity contribution in [2.24, 2.45) is 0 Å². The Bertz CT molecular complexity index is 1080. The number of fused-ring (bicyclic) bond motifs is 2. The predicted octanol–water partition coefficient (Wildman–Crippen LogP) is 3.93. The van der Waals surface area contributed by atoms with Gasteiger partial charge in [-0.05, 0) is 55.3 Å². The summed E-state index contributed by atoms with van der Waals surface area (Å²) >= 11 is 5.87. The van der Waals surface area contributed by atoms with Gasteiger partial charge < -0.3 is 29.7 Å². The first-order valence-electron chi connectivity index (χ1n) is 10.9. The first-order valence-corrected chi connectivity index (χ1v) is 11.3. The lowest BCUT2D eigenvalue weighted by Gasteiger charge is -2.42. The first kappa shape index (κ1) is 23.8. The summed E-state index contributed by atoms with van der Waals surface area (Å²) in [5.41, 5.74) is 1.38. The fraction of sp³-hybridized carbons (Fsp3) is 0.375. The van der Waals surface area contributed by atoms with Gasteiger partial charge in [-0.1, -0.05) is 11.6 Å². The molecule has 2 heterocycles. The van der Waals surface area contributed by atoms with E-state index in [0.717, 1.165) is 0 Å². The molecule has 1 saturated heterocycles. The van der Waals surface area contributed by atoms with Crippen LogP contribution in [0.25, 0.3) is 0 Å². The minimum absolute atomic E-state index is 0.168. The number of halogens is 1. The number of hydrogen-bond acceptors (Lipinski definition) is 6. The van der Waals surface area contributed by atoms with Gasteiger partial charge in [0.25, 0.3) is 5.91 Å².